The molecule has 4 rings (SSSR count). The molecule has 1 atom stereocenters. The van der Waals surface area contributed by atoms with Crippen molar-refractivity contribution in [3.05, 3.63) is 65.2 Å². The van der Waals surface area contributed by atoms with Gasteiger partial charge < -0.3 is 9.64 Å². The Balaban J connectivity index is 1.51. The highest BCUT2D eigenvalue weighted by molar-refractivity contribution is 6.34. The number of amides is 1. The summed E-state index contributed by atoms with van der Waals surface area (Å²) < 4.78 is 18.6. The molecular weight excluding hydrogens is 381 g/mol. The second kappa shape index (κ2) is 7.64. The van der Waals surface area contributed by atoms with Crippen molar-refractivity contribution in [1.82, 2.24) is 10.2 Å². The van der Waals surface area contributed by atoms with Crippen LogP contribution in [0.2, 0.25) is 5.02 Å². The number of aromatic nitrogens is 2. The molecule has 2 aromatic carbocycles. The first kappa shape index (κ1) is 18.5. The Labute approximate surface area is 167 Å². The fourth-order valence-electron chi connectivity index (χ4n) is 3.60. The van der Waals surface area contributed by atoms with Gasteiger partial charge in [0.2, 0.25) is 5.91 Å². The first-order valence-corrected chi connectivity index (χ1v) is 9.37. The number of nitrogens with zero attached hydrogens (tertiary/aromatic N) is 2. The zero-order valence-corrected chi connectivity index (χ0v) is 16.0. The summed E-state index contributed by atoms with van der Waals surface area (Å²) >= 11 is 6.47. The number of halogens is 2. The van der Waals surface area contributed by atoms with E-state index in [4.69, 9.17) is 16.3 Å². The molecule has 0 spiro atoms. The second-order valence-corrected chi connectivity index (χ2v) is 7.21. The Morgan fingerprint density at radius 2 is 2.14 bits per heavy atom. The lowest BCUT2D eigenvalue weighted by Crippen LogP contribution is -2.28. The van der Waals surface area contributed by atoms with Gasteiger partial charge in [0.15, 0.2) is 11.6 Å². The Morgan fingerprint density at radius 1 is 1.29 bits per heavy atom. The summed E-state index contributed by atoms with van der Waals surface area (Å²) in [5.74, 6) is -0.353. The highest BCUT2D eigenvalue weighted by atomic mass is 35.5. The number of rotatable bonds is 5. The number of carbonyl (C=O) groups excluding carboxylic acids is 1. The van der Waals surface area contributed by atoms with Gasteiger partial charge in [-0.05, 0) is 48.2 Å². The third-order valence-electron chi connectivity index (χ3n) is 5.08. The van der Waals surface area contributed by atoms with E-state index in [1.54, 1.807) is 29.4 Å². The molecule has 1 amide bonds. The van der Waals surface area contributed by atoms with Crippen molar-refractivity contribution in [2.45, 2.75) is 12.8 Å². The van der Waals surface area contributed by atoms with Crippen molar-refractivity contribution in [2.75, 3.05) is 18.6 Å². The van der Waals surface area contributed by atoms with Gasteiger partial charge in [-0.15, -0.1) is 0 Å². The van der Waals surface area contributed by atoms with Crippen LogP contribution in [-0.4, -0.2) is 29.8 Å². The van der Waals surface area contributed by atoms with Gasteiger partial charge in [-0.2, -0.15) is 5.10 Å². The van der Waals surface area contributed by atoms with Gasteiger partial charge in [-0.3, -0.25) is 9.89 Å². The summed E-state index contributed by atoms with van der Waals surface area (Å²) in [6, 6.07) is 10.4. The van der Waals surface area contributed by atoms with Crippen LogP contribution < -0.4 is 9.64 Å². The predicted molar refractivity (Wildman–Crippen MR) is 106 cm³/mol. The third-order valence-corrected chi connectivity index (χ3v) is 5.39. The third kappa shape index (κ3) is 3.47. The second-order valence-electron chi connectivity index (χ2n) is 6.80. The number of benzene rings is 2. The molecule has 0 saturated carbocycles. The van der Waals surface area contributed by atoms with Crippen molar-refractivity contribution in [3.8, 4) is 16.9 Å². The molecule has 1 aromatic heterocycles. The molecule has 3 aromatic rings. The molecule has 5 nitrogen and oxygen atoms in total. The SMILES string of the molecule is COc1cc(CC2CCN(c3ccc(-c4cn[nH]c4)cc3Cl)C2=O)ccc1F. The zero-order chi connectivity index (χ0) is 19.7. The Bertz CT molecular complexity index is 1010. The number of nitrogens with one attached hydrogen (secondary N) is 1. The molecule has 144 valence electrons. The number of ether oxygens (including phenoxy) is 1. The van der Waals surface area contributed by atoms with Crippen molar-refractivity contribution in [1.29, 1.82) is 0 Å². The fraction of sp³-hybridized carbons (Fsp3) is 0.238. The standard InChI is InChI=1S/C21H19ClFN3O2/c1-28-20-9-13(2-4-18(20)23)8-15-6-7-26(21(15)27)19-5-3-14(10-17(19)22)16-11-24-25-12-16/h2-5,9-12,15H,6-8H2,1H3,(H,24,25). The van der Waals surface area contributed by atoms with E-state index in [1.807, 2.05) is 18.2 Å². The minimum atomic E-state index is -0.407. The fourth-order valence-corrected chi connectivity index (χ4v) is 3.88. The smallest absolute Gasteiger partial charge is 0.230 e. The van der Waals surface area contributed by atoms with Crippen LogP contribution in [0.15, 0.2) is 48.8 Å². The first-order valence-electron chi connectivity index (χ1n) is 8.99. The molecule has 0 bridgehead atoms. The topological polar surface area (TPSA) is 58.2 Å². The van der Waals surface area contributed by atoms with Crippen molar-refractivity contribution in [2.24, 2.45) is 5.92 Å². The number of H-pyrrole nitrogens is 1. The molecule has 1 aliphatic rings. The summed E-state index contributed by atoms with van der Waals surface area (Å²) in [5, 5.41) is 7.24. The van der Waals surface area contributed by atoms with E-state index in [0.29, 0.717) is 23.7 Å². The predicted octanol–water partition coefficient (Wildman–Crippen LogP) is 4.47. The van der Waals surface area contributed by atoms with Crippen LogP contribution in [0.1, 0.15) is 12.0 Å². The number of carbonyl (C=O) groups is 1. The molecular formula is C21H19ClFN3O2. The van der Waals surface area contributed by atoms with Gasteiger partial charge in [0.1, 0.15) is 0 Å². The van der Waals surface area contributed by atoms with Gasteiger partial charge in [-0.1, -0.05) is 23.7 Å². The summed E-state index contributed by atoms with van der Waals surface area (Å²) in [7, 11) is 1.43. The summed E-state index contributed by atoms with van der Waals surface area (Å²) in [6.07, 6.45) is 4.77. The Kier molecular flexibility index (Phi) is 5.05. The van der Waals surface area contributed by atoms with Crippen LogP contribution in [0.3, 0.4) is 0 Å². The van der Waals surface area contributed by atoms with E-state index in [2.05, 4.69) is 10.2 Å². The quantitative estimate of drug-likeness (QED) is 0.688. The average molecular weight is 400 g/mol. The minimum Gasteiger partial charge on any atom is -0.494 e. The van der Waals surface area contributed by atoms with E-state index in [9.17, 15) is 9.18 Å². The first-order chi connectivity index (χ1) is 13.6. The number of methoxy groups -OCH3 is 1. The van der Waals surface area contributed by atoms with Crippen LogP contribution in [-0.2, 0) is 11.2 Å². The lowest BCUT2D eigenvalue weighted by Gasteiger charge is -2.19. The van der Waals surface area contributed by atoms with Crippen molar-refractivity contribution >= 4 is 23.2 Å². The molecule has 1 unspecified atom stereocenters. The number of hydrogen-bond acceptors (Lipinski definition) is 3. The lowest BCUT2D eigenvalue weighted by molar-refractivity contribution is -0.120. The van der Waals surface area contributed by atoms with Crippen LogP contribution in [0.5, 0.6) is 5.75 Å². The minimum absolute atomic E-state index is 0.0289. The maximum absolute atomic E-state index is 13.6. The largest absolute Gasteiger partial charge is 0.494 e. The molecule has 1 saturated heterocycles. The van der Waals surface area contributed by atoms with Crippen LogP contribution >= 0.6 is 11.6 Å². The maximum Gasteiger partial charge on any atom is 0.230 e. The van der Waals surface area contributed by atoms with Crippen LogP contribution in [0.25, 0.3) is 11.1 Å². The molecule has 0 radical (unpaired) electrons. The lowest BCUT2D eigenvalue weighted by atomic mass is 9.98. The van der Waals surface area contributed by atoms with Crippen LogP contribution in [0.4, 0.5) is 10.1 Å². The van der Waals surface area contributed by atoms with Gasteiger partial charge in [0, 0.05) is 24.2 Å². The normalized spacial score (nSPS) is 16.6. The van der Waals surface area contributed by atoms with E-state index in [1.165, 1.54) is 13.2 Å². The highest BCUT2D eigenvalue weighted by Crippen LogP contribution is 2.35. The Morgan fingerprint density at radius 3 is 2.86 bits per heavy atom. The molecule has 1 aliphatic heterocycles. The van der Waals surface area contributed by atoms with Crippen molar-refractivity contribution in [3.63, 3.8) is 0 Å². The van der Waals surface area contributed by atoms with Gasteiger partial charge in [0.25, 0.3) is 0 Å². The molecule has 2 heterocycles. The molecule has 7 heteroatoms. The maximum atomic E-state index is 13.6. The molecule has 0 aliphatic carbocycles. The zero-order valence-electron chi connectivity index (χ0n) is 15.3. The average Bonchev–Trinajstić information content (AvgIpc) is 3.34. The summed E-state index contributed by atoms with van der Waals surface area (Å²) in [4.78, 5) is 14.7. The molecule has 28 heavy (non-hydrogen) atoms. The number of hydrogen-bond donors (Lipinski definition) is 1. The summed E-state index contributed by atoms with van der Waals surface area (Å²) in [6.45, 7) is 0.604. The van der Waals surface area contributed by atoms with Gasteiger partial charge in [0.05, 0.1) is 24.0 Å². The molecule has 1 N–H and O–H groups in total. The van der Waals surface area contributed by atoms with Crippen molar-refractivity contribution < 1.29 is 13.9 Å². The molecule has 1 fully saturated rings. The van der Waals surface area contributed by atoms with E-state index >= 15 is 0 Å². The number of anilines is 1. The van der Waals surface area contributed by atoms with E-state index in [0.717, 1.165) is 23.1 Å². The van der Waals surface area contributed by atoms with Gasteiger partial charge in [-0.25, -0.2) is 4.39 Å². The Hall–Kier alpha value is -2.86. The van der Waals surface area contributed by atoms with Gasteiger partial charge >= 0.3 is 0 Å². The van der Waals surface area contributed by atoms with Crippen LogP contribution in [0, 0.1) is 11.7 Å². The van der Waals surface area contributed by atoms with E-state index in [-0.39, 0.29) is 17.6 Å². The highest BCUT2D eigenvalue weighted by Gasteiger charge is 2.33. The monoisotopic (exact) mass is 399 g/mol. The summed E-state index contributed by atoms with van der Waals surface area (Å²) in [5.41, 5.74) is 3.45. The number of aromatic amines is 1. The van der Waals surface area contributed by atoms with E-state index < -0.39 is 5.82 Å².